The van der Waals surface area contributed by atoms with E-state index in [9.17, 15) is 0 Å². The zero-order chi connectivity index (χ0) is 13.3. The standard InChI is InChI=1S/C17H25NS/c1-13-4-6-14(7-5-13)16(15-8-9-15)18-12-17(2)10-3-11-19-17/h4-7,15-16,18H,3,8-12H2,1-2H3. The Morgan fingerprint density at radius 3 is 2.63 bits per heavy atom. The first-order chi connectivity index (χ1) is 9.16. The van der Waals surface area contributed by atoms with E-state index in [1.165, 1.54) is 42.6 Å². The predicted octanol–water partition coefficient (Wildman–Crippen LogP) is 4.32. The molecule has 0 bridgehead atoms. The lowest BCUT2D eigenvalue weighted by molar-refractivity contribution is 0.438. The van der Waals surface area contributed by atoms with Gasteiger partial charge in [-0.05, 0) is 56.8 Å². The number of benzene rings is 1. The van der Waals surface area contributed by atoms with Crippen LogP contribution in [0.25, 0.3) is 0 Å². The average molecular weight is 275 g/mol. The summed E-state index contributed by atoms with van der Waals surface area (Å²) < 4.78 is 0.470. The fourth-order valence-electron chi connectivity index (χ4n) is 3.06. The van der Waals surface area contributed by atoms with E-state index in [0.717, 1.165) is 12.5 Å². The zero-order valence-corrected chi connectivity index (χ0v) is 12.9. The smallest absolute Gasteiger partial charge is 0.0349 e. The van der Waals surface area contributed by atoms with Crippen molar-refractivity contribution in [2.45, 2.75) is 50.3 Å². The van der Waals surface area contributed by atoms with Crippen molar-refractivity contribution in [3.05, 3.63) is 35.4 Å². The summed E-state index contributed by atoms with van der Waals surface area (Å²) in [6, 6.07) is 9.71. The molecule has 3 rings (SSSR count). The number of hydrogen-bond donors (Lipinski definition) is 1. The molecule has 1 heterocycles. The Bertz CT molecular complexity index is 415. The molecule has 1 saturated heterocycles. The van der Waals surface area contributed by atoms with Crippen LogP contribution in [0.5, 0.6) is 0 Å². The molecule has 1 aromatic rings. The Morgan fingerprint density at radius 1 is 1.32 bits per heavy atom. The molecule has 2 unspecified atom stereocenters. The molecule has 1 N–H and O–H groups in total. The number of rotatable bonds is 5. The van der Waals surface area contributed by atoms with Crippen LogP contribution >= 0.6 is 11.8 Å². The summed E-state index contributed by atoms with van der Waals surface area (Å²) in [6.45, 7) is 5.75. The molecule has 2 heteroatoms. The lowest BCUT2D eigenvalue weighted by Crippen LogP contribution is -2.36. The van der Waals surface area contributed by atoms with Crippen molar-refractivity contribution in [2.24, 2.45) is 5.92 Å². The number of nitrogens with one attached hydrogen (secondary N) is 1. The lowest BCUT2D eigenvalue weighted by Gasteiger charge is -2.27. The van der Waals surface area contributed by atoms with Crippen LogP contribution in [0.4, 0.5) is 0 Å². The summed E-state index contributed by atoms with van der Waals surface area (Å²) in [5.41, 5.74) is 2.84. The first-order valence-corrected chi connectivity index (χ1v) is 8.59. The highest BCUT2D eigenvalue weighted by atomic mass is 32.2. The van der Waals surface area contributed by atoms with Gasteiger partial charge < -0.3 is 5.32 Å². The molecule has 0 spiro atoms. The molecule has 2 aliphatic rings. The van der Waals surface area contributed by atoms with Gasteiger partial charge in [-0.3, -0.25) is 0 Å². The van der Waals surface area contributed by atoms with Crippen molar-refractivity contribution < 1.29 is 0 Å². The van der Waals surface area contributed by atoms with E-state index in [1.54, 1.807) is 0 Å². The second kappa shape index (κ2) is 5.49. The van der Waals surface area contributed by atoms with E-state index < -0.39 is 0 Å². The molecule has 1 aliphatic carbocycles. The van der Waals surface area contributed by atoms with E-state index in [1.807, 2.05) is 0 Å². The van der Waals surface area contributed by atoms with Crippen LogP contribution in [0.3, 0.4) is 0 Å². The van der Waals surface area contributed by atoms with Gasteiger partial charge in [0, 0.05) is 17.3 Å². The van der Waals surface area contributed by atoms with Crippen LogP contribution in [-0.4, -0.2) is 17.0 Å². The monoisotopic (exact) mass is 275 g/mol. The van der Waals surface area contributed by atoms with Gasteiger partial charge in [0.1, 0.15) is 0 Å². The predicted molar refractivity (Wildman–Crippen MR) is 84.7 cm³/mol. The third-order valence-corrected chi connectivity index (χ3v) is 6.06. The van der Waals surface area contributed by atoms with Gasteiger partial charge in [0.2, 0.25) is 0 Å². The molecule has 0 aromatic heterocycles. The number of hydrogen-bond acceptors (Lipinski definition) is 2. The van der Waals surface area contributed by atoms with Crippen LogP contribution in [0, 0.1) is 12.8 Å². The minimum atomic E-state index is 0.470. The van der Waals surface area contributed by atoms with Crippen LogP contribution in [0.1, 0.15) is 49.8 Å². The van der Waals surface area contributed by atoms with E-state index in [4.69, 9.17) is 0 Å². The van der Waals surface area contributed by atoms with Crippen LogP contribution in [-0.2, 0) is 0 Å². The molecule has 0 amide bonds. The topological polar surface area (TPSA) is 12.0 Å². The summed E-state index contributed by atoms with van der Waals surface area (Å²) in [5.74, 6) is 2.22. The normalized spacial score (nSPS) is 28.5. The fraction of sp³-hybridized carbons (Fsp3) is 0.647. The Hall–Kier alpha value is -0.470. The molecule has 2 fully saturated rings. The molecule has 0 radical (unpaired) electrons. The van der Waals surface area contributed by atoms with Gasteiger partial charge in [-0.15, -0.1) is 0 Å². The van der Waals surface area contributed by atoms with Gasteiger partial charge in [-0.2, -0.15) is 11.8 Å². The maximum absolute atomic E-state index is 3.88. The molecule has 104 valence electrons. The Labute approximate surface area is 121 Å². The maximum Gasteiger partial charge on any atom is 0.0349 e. The summed E-state index contributed by atoms with van der Waals surface area (Å²) in [6.07, 6.45) is 5.56. The second-order valence-corrected chi connectivity index (χ2v) is 8.19. The van der Waals surface area contributed by atoms with Crippen molar-refractivity contribution in [1.29, 1.82) is 0 Å². The average Bonchev–Trinajstić information content (AvgIpc) is 3.14. The SMILES string of the molecule is Cc1ccc(C(NCC2(C)CCCS2)C2CC2)cc1. The Kier molecular flexibility index (Phi) is 3.91. The van der Waals surface area contributed by atoms with Crippen LogP contribution in [0.15, 0.2) is 24.3 Å². The molecular weight excluding hydrogens is 250 g/mol. The molecule has 1 aromatic carbocycles. The van der Waals surface area contributed by atoms with Crippen molar-refractivity contribution in [1.82, 2.24) is 5.32 Å². The summed E-state index contributed by atoms with van der Waals surface area (Å²) in [4.78, 5) is 0. The van der Waals surface area contributed by atoms with Crippen LogP contribution < -0.4 is 5.32 Å². The molecule has 2 atom stereocenters. The van der Waals surface area contributed by atoms with E-state index in [0.29, 0.717) is 10.8 Å². The largest absolute Gasteiger partial charge is 0.308 e. The minimum absolute atomic E-state index is 0.470. The Balaban J connectivity index is 1.66. The van der Waals surface area contributed by atoms with Crippen molar-refractivity contribution >= 4 is 11.8 Å². The highest BCUT2D eigenvalue weighted by Gasteiger charge is 2.35. The molecule has 1 aliphatic heterocycles. The quantitative estimate of drug-likeness (QED) is 0.859. The molecule has 1 nitrogen and oxygen atoms in total. The molecule has 19 heavy (non-hydrogen) atoms. The summed E-state index contributed by atoms with van der Waals surface area (Å²) in [7, 11) is 0. The van der Waals surface area contributed by atoms with Gasteiger partial charge in [-0.25, -0.2) is 0 Å². The van der Waals surface area contributed by atoms with E-state index >= 15 is 0 Å². The summed E-state index contributed by atoms with van der Waals surface area (Å²) in [5, 5.41) is 3.88. The third-order valence-electron chi connectivity index (χ3n) is 4.53. The first-order valence-electron chi connectivity index (χ1n) is 7.60. The van der Waals surface area contributed by atoms with E-state index in [-0.39, 0.29) is 0 Å². The Morgan fingerprint density at radius 2 is 2.05 bits per heavy atom. The number of thioether (sulfide) groups is 1. The zero-order valence-electron chi connectivity index (χ0n) is 12.1. The van der Waals surface area contributed by atoms with Gasteiger partial charge in [0.15, 0.2) is 0 Å². The van der Waals surface area contributed by atoms with Crippen molar-refractivity contribution in [3.8, 4) is 0 Å². The maximum atomic E-state index is 3.88. The highest BCUT2D eigenvalue weighted by molar-refractivity contribution is 8.00. The van der Waals surface area contributed by atoms with Gasteiger partial charge in [-0.1, -0.05) is 29.8 Å². The van der Waals surface area contributed by atoms with Gasteiger partial charge >= 0.3 is 0 Å². The molecular formula is C17H25NS. The highest BCUT2D eigenvalue weighted by Crippen LogP contribution is 2.43. The lowest BCUT2D eigenvalue weighted by atomic mass is 9.99. The van der Waals surface area contributed by atoms with Crippen LogP contribution in [0.2, 0.25) is 0 Å². The van der Waals surface area contributed by atoms with Gasteiger partial charge in [0.25, 0.3) is 0 Å². The fourth-order valence-corrected chi connectivity index (χ4v) is 4.32. The van der Waals surface area contributed by atoms with Crippen molar-refractivity contribution in [2.75, 3.05) is 12.3 Å². The van der Waals surface area contributed by atoms with Gasteiger partial charge in [0.05, 0.1) is 0 Å². The molecule has 1 saturated carbocycles. The summed E-state index contributed by atoms with van der Waals surface area (Å²) >= 11 is 2.15. The number of aryl methyl sites for hydroxylation is 1. The van der Waals surface area contributed by atoms with E-state index in [2.05, 4.69) is 55.2 Å². The minimum Gasteiger partial charge on any atom is -0.308 e. The first kappa shape index (κ1) is 13.5. The third kappa shape index (κ3) is 3.35. The van der Waals surface area contributed by atoms with Crippen molar-refractivity contribution in [3.63, 3.8) is 0 Å². The second-order valence-electron chi connectivity index (χ2n) is 6.51.